The summed E-state index contributed by atoms with van der Waals surface area (Å²) in [6, 6.07) is 14.7. The van der Waals surface area contributed by atoms with Crippen molar-refractivity contribution in [2.45, 2.75) is 18.5 Å². The van der Waals surface area contributed by atoms with Crippen molar-refractivity contribution in [1.82, 2.24) is 14.8 Å². The summed E-state index contributed by atoms with van der Waals surface area (Å²) >= 11 is 1.27. The number of nitrogens with zero attached hydrogens (tertiary/aromatic N) is 3. The van der Waals surface area contributed by atoms with E-state index in [2.05, 4.69) is 20.8 Å². The Balaban J connectivity index is 1.54. The quantitative estimate of drug-likeness (QED) is 0.539. The Morgan fingerprint density at radius 3 is 2.63 bits per heavy atom. The van der Waals surface area contributed by atoms with E-state index < -0.39 is 0 Å². The van der Waals surface area contributed by atoms with Crippen LogP contribution in [-0.2, 0) is 23.1 Å². The Morgan fingerprint density at radius 1 is 1.07 bits per heavy atom. The van der Waals surface area contributed by atoms with E-state index in [1.807, 2.05) is 31.2 Å². The molecule has 1 heterocycles. The van der Waals surface area contributed by atoms with Crippen molar-refractivity contribution >= 4 is 35.0 Å². The van der Waals surface area contributed by atoms with Crippen molar-refractivity contribution in [3.8, 4) is 5.75 Å². The van der Waals surface area contributed by atoms with E-state index in [4.69, 9.17) is 4.74 Å². The molecule has 0 aliphatic carbocycles. The molecule has 0 atom stereocenters. The minimum atomic E-state index is -0.215. The third-order valence-electron chi connectivity index (χ3n) is 4.35. The molecule has 1 aromatic heterocycles. The Hall–Kier alpha value is -3.33. The first kappa shape index (κ1) is 21.4. The molecule has 30 heavy (non-hydrogen) atoms. The number of nitrogens with one attached hydrogen (secondary N) is 2. The summed E-state index contributed by atoms with van der Waals surface area (Å²) in [5, 5.41) is 14.4. The molecule has 2 aromatic carbocycles. The Kier molecular flexibility index (Phi) is 7.08. The SMILES string of the molecule is COc1cccc(NC(=O)Cc2nnc(SCC(=O)Nc3ccccc3C)n2C)c1. The topological polar surface area (TPSA) is 98.1 Å². The summed E-state index contributed by atoms with van der Waals surface area (Å²) in [5.74, 6) is 1.02. The fraction of sp³-hybridized carbons (Fsp3) is 0.238. The monoisotopic (exact) mass is 425 g/mol. The molecule has 2 N–H and O–H groups in total. The van der Waals surface area contributed by atoms with Crippen LogP contribution >= 0.6 is 11.8 Å². The molecule has 8 nitrogen and oxygen atoms in total. The number of para-hydroxylation sites is 1. The van der Waals surface area contributed by atoms with Gasteiger partial charge in [0.2, 0.25) is 11.8 Å². The number of carbonyl (C=O) groups excluding carboxylic acids is 2. The smallest absolute Gasteiger partial charge is 0.234 e. The Labute approximate surface area is 179 Å². The molecule has 0 saturated heterocycles. The predicted molar refractivity (Wildman–Crippen MR) is 117 cm³/mol. The highest BCUT2D eigenvalue weighted by molar-refractivity contribution is 7.99. The summed E-state index contributed by atoms with van der Waals surface area (Å²) < 4.78 is 6.87. The lowest BCUT2D eigenvalue weighted by molar-refractivity contribution is -0.116. The largest absolute Gasteiger partial charge is 0.497 e. The van der Waals surface area contributed by atoms with Crippen LogP contribution in [0.25, 0.3) is 0 Å². The summed E-state index contributed by atoms with van der Waals surface area (Å²) in [5.41, 5.74) is 2.43. The number of hydrogen-bond donors (Lipinski definition) is 2. The molecule has 2 amide bonds. The van der Waals surface area contributed by atoms with Gasteiger partial charge in [-0.05, 0) is 30.7 Å². The van der Waals surface area contributed by atoms with Gasteiger partial charge in [-0.2, -0.15) is 0 Å². The van der Waals surface area contributed by atoms with E-state index in [9.17, 15) is 9.59 Å². The molecule has 9 heteroatoms. The molecule has 3 rings (SSSR count). The Morgan fingerprint density at radius 2 is 1.87 bits per heavy atom. The minimum absolute atomic E-state index is 0.0661. The third kappa shape index (κ3) is 5.60. The second kappa shape index (κ2) is 9.93. The zero-order valence-corrected chi connectivity index (χ0v) is 17.8. The summed E-state index contributed by atoms with van der Waals surface area (Å²) in [4.78, 5) is 24.6. The standard InChI is InChI=1S/C21H23N5O3S/c1-14-7-4-5-10-17(14)23-20(28)13-30-21-25-24-18(26(21)2)12-19(27)22-15-8-6-9-16(11-15)29-3/h4-11H,12-13H2,1-3H3,(H,22,27)(H,23,28). The normalized spacial score (nSPS) is 10.5. The van der Waals surface area contributed by atoms with E-state index in [1.165, 1.54) is 11.8 Å². The van der Waals surface area contributed by atoms with E-state index in [0.717, 1.165) is 11.3 Å². The molecule has 0 saturated carbocycles. The zero-order chi connectivity index (χ0) is 21.5. The van der Waals surface area contributed by atoms with Gasteiger partial charge in [-0.3, -0.25) is 9.59 Å². The van der Waals surface area contributed by atoms with Gasteiger partial charge >= 0.3 is 0 Å². The maximum absolute atomic E-state index is 12.3. The van der Waals surface area contributed by atoms with Gasteiger partial charge in [-0.25, -0.2) is 0 Å². The van der Waals surface area contributed by atoms with Gasteiger partial charge < -0.3 is 19.9 Å². The fourth-order valence-electron chi connectivity index (χ4n) is 2.70. The van der Waals surface area contributed by atoms with Crippen LogP contribution in [0.5, 0.6) is 5.75 Å². The van der Waals surface area contributed by atoms with Crippen LogP contribution < -0.4 is 15.4 Å². The second-order valence-corrected chi connectivity index (χ2v) is 7.51. The summed E-state index contributed by atoms with van der Waals surface area (Å²) in [6.07, 6.45) is 0.0661. The number of thioether (sulfide) groups is 1. The lowest BCUT2D eigenvalue weighted by Gasteiger charge is -2.08. The van der Waals surface area contributed by atoms with E-state index >= 15 is 0 Å². The first-order valence-corrected chi connectivity index (χ1v) is 10.3. The number of ether oxygens (including phenoxy) is 1. The molecule has 0 bridgehead atoms. The third-order valence-corrected chi connectivity index (χ3v) is 5.37. The maximum Gasteiger partial charge on any atom is 0.234 e. The predicted octanol–water partition coefficient (Wildman–Crippen LogP) is 3.04. The molecular formula is C21H23N5O3S. The van der Waals surface area contributed by atoms with Crippen molar-refractivity contribution < 1.29 is 14.3 Å². The lowest BCUT2D eigenvalue weighted by Crippen LogP contribution is -2.17. The number of aryl methyl sites for hydroxylation is 1. The van der Waals surface area contributed by atoms with Crippen LogP contribution in [0.2, 0.25) is 0 Å². The number of amides is 2. The van der Waals surface area contributed by atoms with Gasteiger partial charge in [-0.1, -0.05) is 36.0 Å². The molecule has 0 aliphatic heterocycles. The van der Waals surface area contributed by atoms with Crippen LogP contribution in [0.1, 0.15) is 11.4 Å². The molecule has 0 aliphatic rings. The molecule has 0 fully saturated rings. The maximum atomic E-state index is 12.3. The van der Waals surface area contributed by atoms with Crippen molar-refractivity contribution in [3.05, 3.63) is 59.9 Å². The summed E-state index contributed by atoms with van der Waals surface area (Å²) in [6.45, 7) is 1.94. The van der Waals surface area contributed by atoms with Gasteiger partial charge in [0.25, 0.3) is 0 Å². The zero-order valence-electron chi connectivity index (χ0n) is 17.0. The number of anilines is 2. The number of benzene rings is 2. The van der Waals surface area contributed by atoms with E-state index in [-0.39, 0.29) is 24.0 Å². The van der Waals surface area contributed by atoms with Crippen LogP contribution in [0.4, 0.5) is 11.4 Å². The highest BCUT2D eigenvalue weighted by Gasteiger charge is 2.15. The van der Waals surface area contributed by atoms with Crippen molar-refractivity contribution in [2.24, 2.45) is 7.05 Å². The van der Waals surface area contributed by atoms with Gasteiger partial charge in [0.15, 0.2) is 5.16 Å². The van der Waals surface area contributed by atoms with Gasteiger partial charge in [0.1, 0.15) is 11.6 Å². The average Bonchev–Trinajstić information content (AvgIpc) is 3.07. The molecule has 3 aromatic rings. The molecule has 156 valence electrons. The van der Waals surface area contributed by atoms with E-state index in [0.29, 0.717) is 22.4 Å². The molecule has 0 spiro atoms. The van der Waals surface area contributed by atoms with Crippen LogP contribution in [0, 0.1) is 6.92 Å². The molecular weight excluding hydrogens is 402 g/mol. The highest BCUT2D eigenvalue weighted by Crippen LogP contribution is 2.19. The van der Waals surface area contributed by atoms with Gasteiger partial charge in [0.05, 0.1) is 19.3 Å². The minimum Gasteiger partial charge on any atom is -0.497 e. The van der Waals surface area contributed by atoms with Gasteiger partial charge in [0, 0.05) is 24.5 Å². The van der Waals surface area contributed by atoms with Crippen molar-refractivity contribution in [1.29, 1.82) is 0 Å². The summed E-state index contributed by atoms with van der Waals surface area (Å²) in [7, 11) is 3.34. The number of aromatic nitrogens is 3. The average molecular weight is 426 g/mol. The Bertz CT molecular complexity index is 1050. The number of carbonyl (C=O) groups is 2. The first-order chi connectivity index (χ1) is 14.5. The van der Waals surface area contributed by atoms with E-state index in [1.54, 1.807) is 43.0 Å². The highest BCUT2D eigenvalue weighted by atomic mass is 32.2. The van der Waals surface area contributed by atoms with Crippen LogP contribution in [0.3, 0.4) is 0 Å². The molecule has 0 unspecified atom stereocenters. The van der Waals surface area contributed by atoms with Crippen molar-refractivity contribution in [3.63, 3.8) is 0 Å². The second-order valence-electron chi connectivity index (χ2n) is 6.57. The van der Waals surface area contributed by atoms with Crippen LogP contribution in [-0.4, -0.2) is 39.4 Å². The van der Waals surface area contributed by atoms with Crippen molar-refractivity contribution in [2.75, 3.05) is 23.5 Å². The fourth-order valence-corrected chi connectivity index (χ4v) is 3.43. The number of hydrogen-bond acceptors (Lipinski definition) is 6. The van der Waals surface area contributed by atoms with Gasteiger partial charge in [-0.15, -0.1) is 10.2 Å². The lowest BCUT2D eigenvalue weighted by atomic mass is 10.2. The first-order valence-electron chi connectivity index (χ1n) is 9.26. The molecule has 0 radical (unpaired) electrons. The number of methoxy groups -OCH3 is 1. The van der Waals surface area contributed by atoms with Crippen LogP contribution in [0.15, 0.2) is 53.7 Å². The number of rotatable bonds is 8.